The van der Waals surface area contributed by atoms with Gasteiger partial charge in [-0.3, -0.25) is 4.79 Å². The number of methoxy groups -OCH3 is 1. The van der Waals surface area contributed by atoms with Crippen molar-refractivity contribution in [1.29, 1.82) is 0 Å². The quantitative estimate of drug-likeness (QED) is 0.494. The van der Waals surface area contributed by atoms with Crippen LogP contribution in [0.25, 0.3) is 15.7 Å². The third-order valence-electron chi connectivity index (χ3n) is 6.29. The van der Waals surface area contributed by atoms with E-state index in [0.717, 1.165) is 46.5 Å². The number of carbonyl (C=O) groups is 1. The highest BCUT2D eigenvalue weighted by Crippen LogP contribution is 2.41. The summed E-state index contributed by atoms with van der Waals surface area (Å²) in [4.78, 5) is 26.0. The van der Waals surface area contributed by atoms with Crippen LogP contribution in [0.2, 0.25) is 0 Å². The number of amides is 1. The number of pyridine rings is 1. The molecule has 9 heteroatoms. The first kappa shape index (κ1) is 20.7. The van der Waals surface area contributed by atoms with Gasteiger partial charge in [0.05, 0.1) is 29.9 Å². The van der Waals surface area contributed by atoms with Crippen molar-refractivity contribution < 1.29 is 9.53 Å². The van der Waals surface area contributed by atoms with E-state index in [1.807, 2.05) is 30.3 Å². The molecule has 1 atom stereocenters. The van der Waals surface area contributed by atoms with Gasteiger partial charge < -0.3 is 15.0 Å². The minimum atomic E-state index is 0.0247. The van der Waals surface area contributed by atoms with Gasteiger partial charge in [-0.05, 0) is 50.8 Å². The van der Waals surface area contributed by atoms with E-state index in [9.17, 15) is 4.79 Å². The molecule has 1 N–H and O–H groups in total. The molecule has 5 rings (SSSR count). The Hall–Kier alpha value is -3.20. The highest BCUT2D eigenvalue weighted by Gasteiger charge is 2.31. The molecule has 0 aromatic carbocycles. The number of aromatic nitrogens is 4. The fourth-order valence-electron chi connectivity index (χ4n) is 4.29. The molecule has 0 fully saturated rings. The van der Waals surface area contributed by atoms with Crippen molar-refractivity contribution in [2.24, 2.45) is 5.92 Å². The van der Waals surface area contributed by atoms with Crippen molar-refractivity contribution in [2.45, 2.75) is 39.2 Å². The number of thiophene rings is 1. The average Bonchev–Trinajstić information content (AvgIpc) is 3.40. The number of fused-ring (bicyclic) bond motifs is 4. The maximum Gasteiger partial charge on any atom is 0.226 e. The predicted molar refractivity (Wildman–Crippen MR) is 126 cm³/mol. The lowest BCUT2D eigenvalue weighted by Gasteiger charge is -2.29. The summed E-state index contributed by atoms with van der Waals surface area (Å²) >= 11 is 1.67. The van der Waals surface area contributed by atoms with Crippen molar-refractivity contribution in [3.63, 3.8) is 0 Å². The number of anilines is 2. The molecule has 8 nitrogen and oxygen atoms in total. The smallest absolute Gasteiger partial charge is 0.226 e. The number of carbonyl (C=O) groups excluding carboxylic acids is 1. The second-order valence-electron chi connectivity index (χ2n) is 8.47. The molecule has 1 aliphatic carbocycles. The molecule has 0 spiro atoms. The van der Waals surface area contributed by atoms with Gasteiger partial charge in [0.25, 0.3) is 0 Å². The Balaban J connectivity index is 1.50. The maximum absolute atomic E-state index is 12.9. The third kappa shape index (κ3) is 3.46. The molecular formula is C23H26N6O2S. The molecule has 166 valence electrons. The molecule has 0 radical (unpaired) electrons. The number of rotatable bonds is 5. The van der Waals surface area contributed by atoms with E-state index >= 15 is 0 Å². The minimum absolute atomic E-state index is 0.0247. The fraction of sp³-hybridized carbons (Fsp3) is 0.391. The molecule has 0 saturated heterocycles. The van der Waals surface area contributed by atoms with Crippen LogP contribution in [0.15, 0.2) is 30.9 Å². The van der Waals surface area contributed by atoms with Crippen LogP contribution in [0.5, 0.6) is 5.75 Å². The Morgan fingerprint density at radius 2 is 2.22 bits per heavy atom. The zero-order valence-corrected chi connectivity index (χ0v) is 19.4. The predicted octanol–water partition coefficient (Wildman–Crippen LogP) is 4.06. The van der Waals surface area contributed by atoms with Crippen molar-refractivity contribution >= 4 is 44.5 Å². The van der Waals surface area contributed by atoms with Gasteiger partial charge in [0.15, 0.2) is 5.75 Å². The number of nitrogens with one attached hydrogen (secondary N) is 1. The highest BCUT2D eigenvalue weighted by atomic mass is 32.1. The van der Waals surface area contributed by atoms with Gasteiger partial charge in [0.2, 0.25) is 5.91 Å². The summed E-state index contributed by atoms with van der Waals surface area (Å²) in [6.07, 6.45) is 7.64. The molecule has 1 aliphatic rings. The van der Waals surface area contributed by atoms with Gasteiger partial charge in [0, 0.05) is 30.1 Å². The van der Waals surface area contributed by atoms with E-state index < -0.39 is 0 Å². The van der Waals surface area contributed by atoms with Gasteiger partial charge in [-0.2, -0.15) is 5.10 Å². The Kier molecular flexibility index (Phi) is 5.21. The summed E-state index contributed by atoms with van der Waals surface area (Å²) in [6.45, 7) is 4.10. The summed E-state index contributed by atoms with van der Waals surface area (Å²) < 4.78 is 7.35. The Bertz CT molecular complexity index is 1310. The van der Waals surface area contributed by atoms with Crippen LogP contribution in [-0.2, 0) is 17.6 Å². The monoisotopic (exact) mass is 450 g/mol. The molecule has 0 bridgehead atoms. The van der Waals surface area contributed by atoms with E-state index in [-0.39, 0.29) is 17.9 Å². The Morgan fingerprint density at radius 1 is 1.38 bits per heavy atom. The molecule has 1 amide bonds. The lowest BCUT2D eigenvalue weighted by molar-refractivity contribution is -0.136. The van der Waals surface area contributed by atoms with Crippen LogP contribution in [0.4, 0.5) is 11.5 Å². The molecule has 32 heavy (non-hydrogen) atoms. The van der Waals surface area contributed by atoms with Crippen LogP contribution in [0.3, 0.4) is 0 Å². The van der Waals surface area contributed by atoms with Crippen LogP contribution >= 0.6 is 11.3 Å². The summed E-state index contributed by atoms with van der Waals surface area (Å²) in [7, 11) is 3.54. The van der Waals surface area contributed by atoms with E-state index in [2.05, 4.69) is 34.2 Å². The van der Waals surface area contributed by atoms with E-state index in [4.69, 9.17) is 4.74 Å². The summed E-state index contributed by atoms with van der Waals surface area (Å²) in [5.74, 6) is 1.70. The van der Waals surface area contributed by atoms with Gasteiger partial charge in [-0.25, -0.2) is 14.5 Å². The van der Waals surface area contributed by atoms with E-state index in [0.29, 0.717) is 5.75 Å². The summed E-state index contributed by atoms with van der Waals surface area (Å²) in [5.41, 5.74) is 3.04. The van der Waals surface area contributed by atoms with Crippen molar-refractivity contribution in [3.8, 4) is 5.75 Å². The molecule has 0 saturated carbocycles. The largest absolute Gasteiger partial charge is 0.493 e. The topological polar surface area (TPSA) is 84.6 Å². The maximum atomic E-state index is 12.9. The van der Waals surface area contributed by atoms with E-state index in [1.165, 1.54) is 10.4 Å². The average molecular weight is 451 g/mol. The first-order chi connectivity index (χ1) is 15.5. The first-order valence-electron chi connectivity index (χ1n) is 10.8. The number of ether oxygens (including phenoxy) is 1. The number of aryl methyl sites for hydroxylation is 1. The van der Waals surface area contributed by atoms with Crippen LogP contribution < -0.4 is 10.1 Å². The third-order valence-corrected chi connectivity index (χ3v) is 7.45. The first-order valence-corrected chi connectivity index (χ1v) is 11.6. The molecule has 0 aliphatic heterocycles. The van der Waals surface area contributed by atoms with Gasteiger partial charge in [-0.1, -0.05) is 0 Å². The molecule has 0 unspecified atom stereocenters. The second kappa shape index (κ2) is 8.05. The lowest BCUT2D eigenvalue weighted by Crippen LogP contribution is -2.39. The molecular weight excluding hydrogens is 424 g/mol. The normalized spacial score (nSPS) is 15.8. The van der Waals surface area contributed by atoms with Crippen molar-refractivity contribution in [3.05, 3.63) is 41.3 Å². The van der Waals surface area contributed by atoms with Crippen LogP contribution in [0, 0.1) is 5.92 Å². The van der Waals surface area contributed by atoms with Gasteiger partial charge in [-0.15, -0.1) is 11.3 Å². The van der Waals surface area contributed by atoms with E-state index in [1.54, 1.807) is 35.5 Å². The molecule has 4 aromatic heterocycles. The number of hydrogen-bond acceptors (Lipinski definition) is 7. The molecule has 4 heterocycles. The zero-order valence-electron chi connectivity index (χ0n) is 18.6. The van der Waals surface area contributed by atoms with Gasteiger partial charge >= 0.3 is 0 Å². The van der Waals surface area contributed by atoms with Crippen molar-refractivity contribution in [2.75, 3.05) is 19.5 Å². The summed E-state index contributed by atoms with van der Waals surface area (Å²) in [6, 6.07) is 4.14. The van der Waals surface area contributed by atoms with Crippen molar-refractivity contribution in [1.82, 2.24) is 24.5 Å². The fourth-order valence-corrected chi connectivity index (χ4v) is 5.56. The van der Waals surface area contributed by atoms with Gasteiger partial charge in [0.1, 0.15) is 17.0 Å². The standard InChI is InChI=1S/C23H26N6O2S/c1-13(2)28(3)23(30)14-5-6-16-19(9-14)32-22-20(16)21(24-12-25-22)27-17-10-15-7-8-26-29(15)11-18(17)31-4/h7-8,10-14H,5-6,9H2,1-4H3,(H,24,25,27)/t14-/m0/s1. The highest BCUT2D eigenvalue weighted by molar-refractivity contribution is 7.19. The van der Waals surface area contributed by atoms with Crippen LogP contribution in [-0.4, -0.2) is 50.6 Å². The Morgan fingerprint density at radius 3 is 3.00 bits per heavy atom. The number of hydrogen-bond donors (Lipinski definition) is 1. The Labute approximate surface area is 190 Å². The molecule has 4 aromatic rings. The lowest BCUT2D eigenvalue weighted by atomic mass is 9.86. The SMILES string of the molecule is COc1cn2nccc2cc1Nc1ncnc2sc3c(c12)CC[C@H](C(=O)N(C)C(C)C)C3. The van der Waals surface area contributed by atoms with Crippen LogP contribution in [0.1, 0.15) is 30.7 Å². The minimum Gasteiger partial charge on any atom is -0.493 e. The second-order valence-corrected chi connectivity index (χ2v) is 9.55. The number of nitrogens with zero attached hydrogens (tertiary/aromatic N) is 5. The zero-order chi connectivity index (χ0) is 22.4. The summed E-state index contributed by atoms with van der Waals surface area (Å²) in [5, 5.41) is 8.79.